The molecule has 3 aliphatic rings. The van der Waals surface area contributed by atoms with E-state index in [4.69, 9.17) is 5.10 Å². The van der Waals surface area contributed by atoms with Gasteiger partial charge in [0.1, 0.15) is 12.2 Å². The van der Waals surface area contributed by atoms with Gasteiger partial charge in [-0.25, -0.2) is 9.69 Å². The molecule has 0 bridgehead atoms. The number of imide groups is 1. The minimum Gasteiger partial charge on any atom is -0.310 e. The van der Waals surface area contributed by atoms with Crippen LogP contribution in [0.25, 0.3) is 0 Å². The molecule has 3 heterocycles. The maximum atomic E-state index is 13.0. The van der Waals surface area contributed by atoms with Crippen LogP contribution < -0.4 is 5.32 Å². The number of carbonyl (C=O) groups excluding carboxylic acids is 2. The van der Waals surface area contributed by atoms with E-state index in [-0.39, 0.29) is 29.8 Å². The highest BCUT2D eigenvalue weighted by molar-refractivity contribution is 6.01. The van der Waals surface area contributed by atoms with Gasteiger partial charge in [-0.2, -0.15) is 5.10 Å². The average Bonchev–Trinajstić information content (AvgIpc) is 3.09. The third-order valence-corrected chi connectivity index (χ3v) is 6.08. The number of fused-ring (bicyclic) bond motifs is 3. The van der Waals surface area contributed by atoms with Gasteiger partial charge in [0.05, 0.1) is 5.71 Å². The Morgan fingerprint density at radius 3 is 2.48 bits per heavy atom. The smallest absolute Gasteiger partial charge is 0.310 e. The van der Waals surface area contributed by atoms with Crippen LogP contribution in [0.4, 0.5) is 4.79 Å². The number of nitrogens with one attached hydrogen (secondary N) is 1. The number of nitrogens with zero attached hydrogens (tertiary/aromatic N) is 5. The molecule has 2 saturated heterocycles. The van der Waals surface area contributed by atoms with Crippen molar-refractivity contribution < 1.29 is 9.59 Å². The van der Waals surface area contributed by atoms with E-state index in [2.05, 4.69) is 43.1 Å². The fourth-order valence-electron chi connectivity index (χ4n) is 4.23. The first-order valence-electron chi connectivity index (χ1n) is 10.1. The lowest BCUT2D eigenvalue weighted by atomic mass is 9.89. The third-order valence-electron chi connectivity index (χ3n) is 6.08. The summed E-state index contributed by atoms with van der Waals surface area (Å²) in [5, 5.41) is 10.5. The van der Waals surface area contributed by atoms with Crippen LogP contribution in [0.3, 0.4) is 0 Å². The van der Waals surface area contributed by atoms with Crippen molar-refractivity contribution >= 4 is 17.6 Å². The summed E-state index contributed by atoms with van der Waals surface area (Å²) < 4.78 is 0. The summed E-state index contributed by atoms with van der Waals surface area (Å²) in [4.78, 5) is 30.4. The minimum atomic E-state index is -0.417. The highest BCUT2D eigenvalue weighted by atomic mass is 16.2. The van der Waals surface area contributed by atoms with Crippen molar-refractivity contribution in [3.63, 3.8) is 0 Å². The molecule has 0 aliphatic carbocycles. The third kappa shape index (κ3) is 3.40. The first-order valence-corrected chi connectivity index (χ1v) is 10.1. The molecule has 1 N–H and O–H groups in total. The molecule has 0 radical (unpaired) electrons. The molecule has 0 saturated carbocycles. The maximum Gasteiger partial charge on any atom is 0.327 e. The zero-order chi connectivity index (χ0) is 20.9. The molecular weight excluding hydrogens is 368 g/mol. The van der Waals surface area contributed by atoms with Gasteiger partial charge in [0.25, 0.3) is 5.91 Å². The lowest BCUT2D eigenvalue weighted by Crippen LogP contribution is -2.65. The normalized spacial score (nSPS) is 27.8. The molecule has 1 aromatic carbocycles. The zero-order valence-corrected chi connectivity index (χ0v) is 17.8. The first kappa shape index (κ1) is 19.8. The van der Waals surface area contributed by atoms with E-state index in [0.29, 0.717) is 6.54 Å². The van der Waals surface area contributed by atoms with Crippen molar-refractivity contribution in [3.8, 4) is 0 Å². The minimum absolute atomic E-state index is 0.112. The van der Waals surface area contributed by atoms with Gasteiger partial charge in [-0.15, -0.1) is 0 Å². The SMILES string of the molecule is CN1C(=O)C2C(NC3N(CCc4ccccc4)N=C(C(C)(C)C)CN23)N(C)C1=O. The second-order valence-corrected chi connectivity index (χ2v) is 9.09. The second-order valence-electron chi connectivity index (χ2n) is 9.09. The molecule has 0 aromatic heterocycles. The molecule has 156 valence electrons. The molecule has 3 aliphatic heterocycles. The standard InChI is InChI=1S/C21H30N6O2/c1-21(2,3)15-13-26-16-17(24(4)20(29)25(5)18(16)28)22-19(26)27(23-15)12-11-14-9-7-6-8-10-14/h6-10,16-17,19,22H,11-13H2,1-5H3. The summed E-state index contributed by atoms with van der Waals surface area (Å²) in [6, 6.07) is 9.63. The van der Waals surface area contributed by atoms with Gasteiger partial charge in [0.2, 0.25) is 0 Å². The molecule has 4 rings (SSSR count). The maximum absolute atomic E-state index is 13.0. The quantitative estimate of drug-likeness (QED) is 0.832. The Morgan fingerprint density at radius 2 is 1.83 bits per heavy atom. The molecule has 3 atom stereocenters. The highest BCUT2D eigenvalue weighted by Crippen LogP contribution is 2.32. The van der Waals surface area contributed by atoms with Gasteiger partial charge in [-0.3, -0.25) is 20.0 Å². The van der Waals surface area contributed by atoms with Crippen molar-refractivity contribution in [1.29, 1.82) is 0 Å². The fourth-order valence-corrected chi connectivity index (χ4v) is 4.23. The predicted octanol–water partition coefficient (Wildman–Crippen LogP) is 1.35. The molecule has 8 nitrogen and oxygen atoms in total. The Morgan fingerprint density at radius 1 is 1.14 bits per heavy atom. The Balaban J connectivity index is 1.64. The van der Waals surface area contributed by atoms with Gasteiger partial charge in [-0.1, -0.05) is 51.1 Å². The lowest BCUT2D eigenvalue weighted by Gasteiger charge is -2.43. The Kier molecular flexibility index (Phi) is 4.86. The lowest BCUT2D eigenvalue weighted by molar-refractivity contribution is -0.137. The number of hydrogen-bond acceptors (Lipinski definition) is 6. The van der Waals surface area contributed by atoms with E-state index in [1.165, 1.54) is 10.5 Å². The second kappa shape index (κ2) is 7.11. The van der Waals surface area contributed by atoms with E-state index in [1.807, 2.05) is 23.2 Å². The predicted molar refractivity (Wildman–Crippen MR) is 111 cm³/mol. The molecule has 29 heavy (non-hydrogen) atoms. The molecule has 1 aromatic rings. The monoisotopic (exact) mass is 398 g/mol. The summed E-state index contributed by atoms with van der Waals surface area (Å²) in [6.07, 6.45) is 0.279. The van der Waals surface area contributed by atoms with Crippen LogP contribution >= 0.6 is 0 Å². The number of hydrogen-bond donors (Lipinski definition) is 1. The number of amides is 3. The summed E-state index contributed by atoms with van der Waals surface area (Å²) >= 11 is 0. The van der Waals surface area contributed by atoms with Gasteiger partial charge in [-0.05, 0) is 12.0 Å². The van der Waals surface area contributed by atoms with E-state index in [1.54, 1.807) is 19.0 Å². The molecule has 2 fully saturated rings. The molecule has 8 heteroatoms. The van der Waals surface area contributed by atoms with E-state index in [9.17, 15) is 9.59 Å². The van der Waals surface area contributed by atoms with Gasteiger partial charge < -0.3 is 4.90 Å². The van der Waals surface area contributed by atoms with Crippen LogP contribution in [-0.4, -0.2) is 83.0 Å². The van der Waals surface area contributed by atoms with Gasteiger partial charge in [0.15, 0.2) is 6.29 Å². The molecular formula is C21H30N6O2. The topological polar surface area (TPSA) is 71.5 Å². The number of rotatable bonds is 3. The van der Waals surface area contributed by atoms with Crippen molar-refractivity contribution in [2.45, 2.75) is 45.7 Å². The zero-order valence-electron chi connectivity index (χ0n) is 17.8. The van der Waals surface area contributed by atoms with Crippen molar-refractivity contribution in [1.82, 2.24) is 25.0 Å². The van der Waals surface area contributed by atoms with Crippen LogP contribution in [0.2, 0.25) is 0 Å². The highest BCUT2D eigenvalue weighted by Gasteiger charge is 2.56. The van der Waals surface area contributed by atoms with E-state index >= 15 is 0 Å². The largest absolute Gasteiger partial charge is 0.327 e. The Hall–Kier alpha value is -2.45. The number of likely N-dealkylation sites (N-methyl/N-ethyl adjacent to an activating group) is 2. The fraction of sp³-hybridized carbons (Fsp3) is 0.571. The van der Waals surface area contributed by atoms with Crippen molar-refractivity contribution in [2.24, 2.45) is 10.5 Å². The van der Waals surface area contributed by atoms with E-state index in [0.717, 1.165) is 18.7 Å². The van der Waals surface area contributed by atoms with Crippen LogP contribution in [0.5, 0.6) is 0 Å². The van der Waals surface area contributed by atoms with Crippen LogP contribution in [-0.2, 0) is 11.2 Å². The molecule has 0 spiro atoms. The number of urea groups is 1. The Bertz CT molecular complexity index is 833. The average molecular weight is 399 g/mol. The van der Waals surface area contributed by atoms with E-state index < -0.39 is 6.04 Å². The summed E-state index contributed by atoms with van der Waals surface area (Å²) in [5.74, 6) is -0.161. The summed E-state index contributed by atoms with van der Waals surface area (Å²) in [5.41, 5.74) is 2.18. The Labute approximate surface area is 172 Å². The van der Waals surface area contributed by atoms with Crippen LogP contribution in [0.1, 0.15) is 26.3 Å². The van der Waals surface area contributed by atoms with Crippen LogP contribution in [0.15, 0.2) is 35.4 Å². The number of benzene rings is 1. The van der Waals surface area contributed by atoms with Crippen LogP contribution in [0, 0.1) is 5.41 Å². The number of hydrazone groups is 1. The summed E-state index contributed by atoms with van der Waals surface area (Å²) in [7, 11) is 3.30. The van der Waals surface area contributed by atoms with Crippen molar-refractivity contribution in [2.75, 3.05) is 27.2 Å². The number of carbonyl (C=O) groups is 2. The molecule has 3 unspecified atom stereocenters. The van der Waals surface area contributed by atoms with Crippen molar-refractivity contribution in [3.05, 3.63) is 35.9 Å². The van der Waals surface area contributed by atoms with Gasteiger partial charge in [0, 0.05) is 32.6 Å². The summed E-state index contributed by atoms with van der Waals surface area (Å²) in [6.45, 7) is 7.76. The van der Waals surface area contributed by atoms with Gasteiger partial charge >= 0.3 is 6.03 Å². The first-order chi connectivity index (χ1) is 13.7. The molecule has 3 amide bonds.